The Morgan fingerprint density at radius 2 is 2.37 bits per heavy atom. The first-order chi connectivity index (χ1) is 9.00. The van der Waals surface area contributed by atoms with Crippen molar-refractivity contribution in [2.75, 3.05) is 11.9 Å². The molecular formula is C11H15N5O2S. The highest BCUT2D eigenvalue weighted by molar-refractivity contribution is 7.13. The summed E-state index contributed by atoms with van der Waals surface area (Å²) in [6, 6.07) is 0. The summed E-state index contributed by atoms with van der Waals surface area (Å²) in [4.78, 5) is 19.4. The zero-order valence-electron chi connectivity index (χ0n) is 10.7. The van der Waals surface area contributed by atoms with E-state index in [-0.39, 0.29) is 0 Å². The molecule has 3 N–H and O–H groups in total. The van der Waals surface area contributed by atoms with Gasteiger partial charge in [-0.25, -0.2) is 9.97 Å². The topological polar surface area (TPSA) is 104 Å². The number of hydrogen-bond donors (Lipinski definition) is 3. The zero-order valence-corrected chi connectivity index (χ0v) is 11.5. The number of aromatic nitrogens is 4. The quantitative estimate of drug-likeness (QED) is 0.737. The first kappa shape index (κ1) is 13.5. The molecule has 2 heterocycles. The van der Waals surface area contributed by atoms with Crippen molar-refractivity contribution in [3.05, 3.63) is 23.2 Å². The van der Waals surface area contributed by atoms with E-state index in [1.165, 1.54) is 17.7 Å². The molecule has 0 atom stereocenters. The highest BCUT2D eigenvalue weighted by atomic mass is 32.1. The van der Waals surface area contributed by atoms with E-state index in [1.54, 1.807) is 19.2 Å². The lowest BCUT2D eigenvalue weighted by Gasteiger charge is -2.15. The van der Waals surface area contributed by atoms with Crippen LogP contribution in [0.2, 0.25) is 0 Å². The van der Waals surface area contributed by atoms with Gasteiger partial charge in [0.25, 0.3) is 0 Å². The molecule has 0 aliphatic rings. The maximum atomic E-state index is 11.1. The lowest BCUT2D eigenvalue weighted by atomic mass is 9.90. The van der Waals surface area contributed by atoms with Crippen LogP contribution in [-0.4, -0.2) is 37.8 Å². The smallest absolute Gasteiger partial charge is 0.315 e. The average molecular weight is 281 g/mol. The van der Waals surface area contributed by atoms with Crippen LogP contribution in [0.3, 0.4) is 0 Å². The number of carboxylic acids is 1. The Hall–Kier alpha value is -1.96. The van der Waals surface area contributed by atoms with Crippen LogP contribution in [0, 0.1) is 0 Å². The maximum Gasteiger partial charge on any atom is 0.315 e. The van der Waals surface area contributed by atoms with Crippen LogP contribution in [0.5, 0.6) is 0 Å². The summed E-state index contributed by atoms with van der Waals surface area (Å²) in [5, 5.41) is 21.3. The van der Waals surface area contributed by atoms with Gasteiger partial charge in [-0.3, -0.25) is 9.89 Å². The second-order valence-corrected chi connectivity index (χ2v) is 5.44. The lowest BCUT2D eigenvalue weighted by Crippen LogP contribution is -2.28. The number of aliphatic carboxylic acids is 1. The van der Waals surface area contributed by atoms with E-state index in [9.17, 15) is 4.79 Å². The minimum Gasteiger partial charge on any atom is -0.481 e. The molecule has 7 nitrogen and oxygen atoms in total. The summed E-state index contributed by atoms with van der Waals surface area (Å²) in [7, 11) is 0. The largest absolute Gasteiger partial charge is 0.481 e. The van der Waals surface area contributed by atoms with Gasteiger partial charge in [-0.05, 0) is 13.8 Å². The molecule has 19 heavy (non-hydrogen) atoms. The van der Waals surface area contributed by atoms with Crippen molar-refractivity contribution in [3.8, 4) is 0 Å². The van der Waals surface area contributed by atoms with Crippen LogP contribution in [0.4, 0.5) is 5.13 Å². The fourth-order valence-electron chi connectivity index (χ4n) is 1.39. The third-order valence-electron chi connectivity index (χ3n) is 2.78. The standard InChI is InChI=1S/C11H15N5O2S/c1-11(2,9(17)18)7-5-19-10(15-7)12-4-3-8-13-6-14-16-8/h5-6H,3-4H2,1-2H3,(H,12,15)(H,17,18)(H,13,14,16). The van der Waals surface area contributed by atoms with Gasteiger partial charge >= 0.3 is 5.97 Å². The Labute approximate surface area is 114 Å². The van der Waals surface area contributed by atoms with E-state index < -0.39 is 11.4 Å². The number of nitrogens with one attached hydrogen (secondary N) is 2. The second-order valence-electron chi connectivity index (χ2n) is 4.58. The van der Waals surface area contributed by atoms with Gasteiger partial charge < -0.3 is 10.4 Å². The Bertz CT molecular complexity index is 549. The molecule has 2 aromatic rings. The molecule has 0 amide bonds. The van der Waals surface area contributed by atoms with Gasteiger partial charge in [0, 0.05) is 18.3 Å². The van der Waals surface area contributed by atoms with Gasteiger partial charge in [0.05, 0.1) is 5.69 Å². The molecule has 0 bridgehead atoms. The van der Waals surface area contributed by atoms with Crippen molar-refractivity contribution in [2.45, 2.75) is 25.7 Å². The van der Waals surface area contributed by atoms with E-state index in [2.05, 4.69) is 25.5 Å². The first-order valence-corrected chi connectivity index (χ1v) is 6.65. The number of hydrogen-bond acceptors (Lipinski definition) is 6. The van der Waals surface area contributed by atoms with Crippen LogP contribution in [0.1, 0.15) is 25.4 Å². The number of rotatable bonds is 6. The molecule has 2 rings (SSSR count). The third-order valence-corrected chi connectivity index (χ3v) is 3.58. The van der Waals surface area contributed by atoms with Crippen molar-refractivity contribution in [1.82, 2.24) is 20.2 Å². The Morgan fingerprint density at radius 1 is 1.58 bits per heavy atom. The number of H-pyrrole nitrogens is 1. The van der Waals surface area contributed by atoms with Crippen LogP contribution in [-0.2, 0) is 16.6 Å². The summed E-state index contributed by atoms with van der Waals surface area (Å²) in [6.45, 7) is 3.95. The van der Waals surface area contributed by atoms with Crippen LogP contribution >= 0.6 is 11.3 Å². The predicted octanol–water partition coefficient (Wildman–Crippen LogP) is 1.28. The Balaban J connectivity index is 1.92. The molecule has 0 saturated carbocycles. The summed E-state index contributed by atoms with van der Waals surface area (Å²) >= 11 is 1.40. The summed E-state index contributed by atoms with van der Waals surface area (Å²) in [6.07, 6.45) is 2.17. The van der Waals surface area contributed by atoms with Crippen LogP contribution < -0.4 is 5.32 Å². The molecule has 8 heteroatoms. The van der Waals surface area contributed by atoms with Crippen molar-refractivity contribution in [2.24, 2.45) is 0 Å². The van der Waals surface area contributed by atoms with Gasteiger partial charge in [0.1, 0.15) is 17.6 Å². The fourth-order valence-corrected chi connectivity index (χ4v) is 2.30. The maximum absolute atomic E-state index is 11.1. The van der Waals surface area contributed by atoms with E-state index in [1.807, 2.05) is 0 Å². The molecule has 102 valence electrons. The molecule has 0 radical (unpaired) electrons. The first-order valence-electron chi connectivity index (χ1n) is 5.77. The van der Waals surface area contributed by atoms with Crippen LogP contribution in [0.15, 0.2) is 11.7 Å². The molecule has 2 aromatic heterocycles. The second kappa shape index (κ2) is 5.35. The molecular weight excluding hydrogens is 266 g/mol. The lowest BCUT2D eigenvalue weighted by molar-refractivity contribution is -0.142. The van der Waals surface area contributed by atoms with Gasteiger partial charge in [-0.1, -0.05) is 0 Å². The molecule has 0 aromatic carbocycles. The van der Waals surface area contributed by atoms with Crippen molar-refractivity contribution < 1.29 is 9.90 Å². The highest BCUT2D eigenvalue weighted by Crippen LogP contribution is 2.27. The number of carbonyl (C=O) groups is 1. The van der Waals surface area contributed by atoms with Gasteiger partial charge in [0.2, 0.25) is 0 Å². The van der Waals surface area contributed by atoms with E-state index in [4.69, 9.17) is 5.11 Å². The summed E-state index contributed by atoms with van der Waals surface area (Å²) in [5.74, 6) is -0.0823. The number of carboxylic acid groups (broad SMARTS) is 1. The number of nitrogens with zero attached hydrogens (tertiary/aromatic N) is 3. The minimum atomic E-state index is -0.971. The minimum absolute atomic E-state index is 0.562. The van der Waals surface area contributed by atoms with Crippen LogP contribution in [0.25, 0.3) is 0 Å². The molecule has 0 aliphatic heterocycles. The predicted molar refractivity (Wildman–Crippen MR) is 71.4 cm³/mol. The van der Waals surface area contributed by atoms with Crippen molar-refractivity contribution >= 4 is 22.4 Å². The van der Waals surface area contributed by atoms with Gasteiger partial charge in [0.15, 0.2) is 5.13 Å². The van der Waals surface area contributed by atoms with Crippen molar-refractivity contribution in [1.29, 1.82) is 0 Å². The number of thiazole rings is 1. The van der Waals surface area contributed by atoms with E-state index in [0.29, 0.717) is 23.8 Å². The normalized spacial score (nSPS) is 11.5. The Morgan fingerprint density at radius 3 is 3.00 bits per heavy atom. The SMILES string of the molecule is CC(C)(C(=O)O)c1csc(NCCc2ncn[nH]2)n1. The molecule has 0 aliphatic carbocycles. The van der Waals surface area contributed by atoms with Gasteiger partial charge in [-0.2, -0.15) is 5.10 Å². The van der Waals surface area contributed by atoms with E-state index >= 15 is 0 Å². The molecule has 0 saturated heterocycles. The highest BCUT2D eigenvalue weighted by Gasteiger charge is 2.32. The average Bonchev–Trinajstić information content (AvgIpc) is 2.99. The van der Waals surface area contributed by atoms with Gasteiger partial charge in [-0.15, -0.1) is 11.3 Å². The summed E-state index contributed by atoms with van der Waals surface area (Å²) in [5.41, 5.74) is -0.409. The zero-order chi connectivity index (χ0) is 13.9. The molecule has 0 fully saturated rings. The summed E-state index contributed by atoms with van der Waals surface area (Å²) < 4.78 is 0. The number of anilines is 1. The molecule has 0 spiro atoms. The van der Waals surface area contributed by atoms with E-state index in [0.717, 1.165) is 5.82 Å². The monoisotopic (exact) mass is 281 g/mol. The Kier molecular flexibility index (Phi) is 3.79. The molecule has 0 unspecified atom stereocenters. The third kappa shape index (κ3) is 3.08. The number of aromatic amines is 1. The van der Waals surface area contributed by atoms with Crippen molar-refractivity contribution in [3.63, 3.8) is 0 Å². The fraction of sp³-hybridized carbons (Fsp3) is 0.455.